The summed E-state index contributed by atoms with van der Waals surface area (Å²) in [6.45, 7) is 4.28. The van der Waals surface area contributed by atoms with E-state index in [9.17, 15) is 0 Å². The summed E-state index contributed by atoms with van der Waals surface area (Å²) in [5.74, 6) is 5.83. The maximum absolute atomic E-state index is 5.83. The van der Waals surface area contributed by atoms with Gasteiger partial charge in [0.2, 0.25) is 0 Å². The molecular formula is C16H20N2S. The monoisotopic (exact) mass is 272 g/mol. The van der Waals surface area contributed by atoms with Crippen LogP contribution in [0.4, 0.5) is 0 Å². The Kier molecular flexibility index (Phi) is 3.44. The van der Waals surface area contributed by atoms with Crippen LogP contribution in [0.1, 0.15) is 44.5 Å². The van der Waals surface area contributed by atoms with Crippen molar-refractivity contribution in [3.63, 3.8) is 0 Å². The number of rotatable bonds is 3. The van der Waals surface area contributed by atoms with Crippen LogP contribution in [0.5, 0.6) is 0 Å². The molecule has 3 N–H and O–H groups in total. The van der Waals surface area contributed by atoms with Gasteiger partial charge < -0.3 is 0 Å². The Bertz CT molecular complexity index is 579. The Labute approximate surface area is 118 Å². The van der Waals surface area contributed by atoms with E-state index >= 15 is 0 Å². The highest BCUT2D eigenvalue weighted by Gasteiger charge is 2.21. The Morgan fingerprint density at radius 2 is 2.05 bits per heavy atom. The topological polar surface area (TPSA) is 38.0 Å². The van der Waals surface area contributed by atoms with Crippen molar-refractivity contribution in [2.75, 3.05) is 0 Å². The molecule has 1 unspecified atom stereocenters. The maximum atomic E-state index is 5.83. The number of aryl methyl sites for hydroxylation is 4. The van der Waals surface area contributed by atoms with Crippen molar-refractivity contribution in [1.82, 2.24) is 5.43 Å². The van der Waals surface area contributed by atoms with Crippen LogP contribution in [-0.2, 0) is 12.8 Å². The summed E-state index contributed by atoms with van der Waals surface area (Å²) in [7, 11) is 0. The van der Waals surface area contributed by atoms with Gasteiger partial charge in [0.05, 0.1) is 6.04 Å². The molecule has 2 aromatic rings. The van der Waals surface area contributed by atoms with Gasteiger partial charge in [0, 0.05) is 9.75 Å². The van der Waals surface area contributed by atoms with Crippen molar-refractivity contribution in [3.8, 4) is 0 Å². The minimum absolute atomic E-state index is 0.121. The summed E-state index contributed by atoms with van der Waals surface area (Å²) in [6, 6.07) is 9.04. The highest BCUT2D eigenvalue weighted by Crippen LogP contribution is 2.36. The second kappa shape index (κ2) is 5.08. The first kappa shape index (κ1) is 12.9. The summed E-state index contributed by atoms with van der Waals surface area (Å²) in [5, 5.41) is 0. The summed E-state index contributed by atoms with van der Waals surface area (Å²) in [4.78, 5) is 2.90. The predicted molar refractivity (Wildman–Crippen MR) is 81.4 cm³/mol. The fourth-order valence-corrected chi connectivity index (χ4v) is 4.23. The number of nitrogens with one attached hydrogen (secondary N) is 1. The molecule has 1 atom stereocenters. The lowest BCUT2D eigenvalue weighted by Gasteiger charge is -2.18. The lowest BCUT2D eigenvalue weighted by molar-refractivity contribution is 0.642. The maximum Gasteiger partial charge on any atom is 0.0805 e. The van der Waals surface area contributed by atoms with Crippen LogP contribution in [0.15, 0.2) is 24.3 Å². The summed E-state index contributed by atoms with van der Waals surface area (Å²) in [5.41, 5.74) is 8.40. The lowest BCUT2D eigenvalue weighted by Crippen LogP contribution is -2.28. The average molecular weight is 272 g/mol. The molecule has 3 heteroatoms. The molecule has 1 heterocycles. The molecule has 0 radical (unpaired) electrons. The number of hydrogen-bond acceptors (Lipinski definition) is 3. The predicted octanol–water partition coefficient (Wildman–Crippen LogP) is 3.41. The van der Waals surface area contributed by atoms with E-state index in [1.165, 1.54) is 46.4 Å². The first-order chi connectivity index (χ1) is 9.19. The van der Waals surface area contributed by atoms with Gasteiger partial charge in [-0.25, -0.2) is 5.43 Å². The lowest BCUT2D eigenvalue weighted by atomic mass is 9.98. The number of thiophene rings is 1. The van der Waals surface area contributed by atoms with Gasteiger partial charge in [-0.2, -0.15) is 0 Å². The van der Waals surface area contributed by atoms with E-state index < -0.39 is 0 Å². The molecule has 1 aliphatic rings. The van der Waals surface area contributed by atoms with E-state index in [1.807, 2.05) is 11.3 Å². The van der Waals surface area contributed by atoms with Crippen molar-refractivity contribution in [2.24, 2.45) is 5.84 Å². The second-order valence-electron chi connectivity index (χ2n) is 5.41. The smallest absolute Gasteiger partial charge is 0.0805 e. The van der Waals surface area contributed by atoms with Crippen LogP contribution in [-0.4, -0.2) is 0 Å². The number of fused-ring (bicyclic) bond motifs is 1. The third-order valence-corrected chi connectivity index (χ3v) is 5.26. The SMILES string of the molecule is Cc1ccc(C)c(C(NN)c2cc3c(s2)CCC3)c1. The van der Waals surface area contributed by atoms with Gasteiger partial charge in [-0.05, 0) is 55.9 Å². The van der Waals surface area contributed by atoms with Crippen molar-refractivity contribution >= 4 is 11.3 Å². The Balaban J connectivity index is 2.01. The average Bonchev–Trinajstić information content (AvgIpc) is 2.95. The molecule has 0 aliphatic heterocycles. The molecule has 0 saturated heterocycles. The van der Waals surface area contributed by atoms with Gasteiger partial charge in [-0.3, -0.25) is 5.84 Å². The number of hydrazine groups is 1. The van der Waals surface area contributed by atoms with Crippen LogP contribution in [0.25, 0.3) is 0 Å². The van der Waals surface area contributed by atoms with Crippen molar-refractivity contribution in [3.05, 3.63) is 56.3 Å². The van der Waals surface area contributed by atoms with Gasteiger partial charge in [0.1, 0.15) is 0 Å². The molecule has 0 bridgehead atoms. The normalized spacial score (nSPS) is 15.5. The van der Waals surface area contributed by atoms with Crippen molar-refractivity contribution < 1.29 is 0 Å². The van der Waals surface area contributed by atoms with Crippen LogP contribution in [0, 0.1) is 13.8 Å². The van der Waals surface area contributed by atoms with Crippen molar-refractivity contribution in [1.29, 1.82) is 0 Å². The molecule has 100 valence electrons. The fourth-order valence-electron chi connectivity index (χ4n) is 2.89. The minimum atomic E-state index is 0.121. The van der Waals surface area contributed by atoms with Gasteiger partial charge in [-0.1, -0.05) is 23.8 Å². The molecule has 3 rings (SSSR count). The van der Waals surface area contributed by atoms with Gasteiger partial charge in [-0.15, -0.1) is 11.3 Å². The largest absolute Gasteiger partial charge is 0.271 e. The zero-order valence-electron chi connectivity index (χ0n) is 11.5. The third-order valence-electron chi connectivity index (χ3n) is 3.96. The van der Waals surface area contributed by atoms with E-state index in [0.29, 0.717) is 0 Å². The molecule has 1 aromatic carbocycles. The van der Waals surface area contributed by atoms with Crippen LogP contribution >= 0.6 is 11.3 Å². The molecule has 19 heavy (non-hydrogen) atoms. The molecule has 0 spiro atoms. The van der Waals surface area contributed by atoms with E-state index in [0.717, 1.165) is 0 Å². The Morgan fingerprint density at radius 1 is 1.21 bits per heavy atom. The first-order valence-electron chi connectivity index (χ1n) is 6.84. The highest BCUT2D eigenvalue weighted by molar-refractivity contribution is 7.12. The Hall–Kier alpha value is -1.16. The second-order valence-corrected chi connectivity index (χ2v) is 6.58. The highest BCUT2D eigenvalue weighted by atomic mass is 32.1. The van der Waals surface area contributed by atoms with Crippen LogP contribution < -0.4 is 11.3 Å². The van der Waals surface area contributed by atoms with E-state index in [4.69, 9.17) is 5.84 Å². The van der Waals surface area contributed by atoms with Crippen LogP contribution in [0.3, 0.4) is 0 Å². The van der Waals surface area contributed by atoms with E-state index in [2.05, 4.69) is 43.5 Å². The summed E-state index contributed by atoms with van der Waals surface area (Å²) < 4.78 is 0. The minimum Gasteiger partial charge on any atom is -0.271 e. The standard InChI is InChI=1S/C16H20N2S/c1-10-6-7-11(2)13(8-10)16(18-17)15-9-12-4-3-5-14(12)19-15/h6-9,16,18H,3-5,17H2,1-2H3. The number of hydrogen-bond donors (Lipinski definition) is 2. The van der Waals surface area contributed by atoms with Gasteiger partial charge in [0.25, 0.3) is 0 Å². The number of nitrogens with two attached hydrogens (primary N) is 1. The molecule has 0 fully saturated rings. The van der Waals surface area contributed by atoms with Gasteiger partial charge in [0.15, 0.2) is 0 Å². The van der Waals surface area contributed by atoms with E-state index in [-0.39, 0.29) is 6.04 Å². The first-order valence-corrected chi connectivity index (χ1v) is 7.65. The van der Waals surface area contributed by atoms with E-state index in [1.54, 1.807) is 4.88 Å². The zero-order chi connectivity index (χ0) is 13.4. The quantitative estimate of drug-likeness (QED) is 0.664. The van der Waals surface area contributed by atoms with Crippen LogP contribution in [0.2, 0.25) is 0 Å². The summed E-state index contributed by atoms with van der Waals surface area (Å²) >= 11 is 1.92. The number of benzene rings is 1. The fraction of sp³-hybridized carbons (Fsp3) is 0.375. The zero-order valence-corrected chi connectivity index (χ0v) is 12.3. The molecule has 0 amide bonds. The van der Waals surface area contributed by atoms with Gasteiger partial charge >= 0.3 is 0 Å². The van der Waals surface area contributed by atoms with Crippen molar-refractivity contribution in [2.45, 2.75) is 39.2 Å². The molecule has 1 aliphatic carbocycles. The molecule has 0 saturated carbocycles. The molecule has 2 nitrogen and oxygen atoms in total. The molecule has 1 aromatic heterocycles. The molecular weight excluding hydrogens is 252 g/mol. The summed E-state index contributed by atoms with van der Waals surface area (Å²) in [6.07, 6.45) is 3.78. The Morgan fingerprint density at radius 3 is 2.79 bits per heavy atom. The third kappa shape index (κ3) is 2.34.